The zero-order chi connectivity index (χ0) is 16.5. The predicted molar refractivity (Wildman–Crippen MR) is 87.9 cm³/mol. The van der Waals surface area contributed by atoms with Gasteiger partial charge in [0.2, 0.25) is 0 Å². The van der Waals surface area contributed by atoms with E-state index < -0.39 is 11.6 Å². The number of hydrogen-bond acceptors (Lipinski definition) is 3. The number of fused-ring (bicyclic) bond motifs is 1. The molecule has 0 amide bonds. The summed E-state index contributed by atoms with van der Waals surface area (Å²) in [6, 6.07) is 2.81. The fourth-order valence-corrected chi connectivity index (χ4v) is 3.82. The molecule has 1 aromatic carbocycles. The highest BCUT2D eigenvalue weighted by Gasteiger charge is 2.24. The number of nitrogens with zero attached hydrogens (tertiary/aromatic N) is 3. The summed E-state index contributed by atoms with van der Waals surface area (Å²) in [5, 5.41) is 4.96. The van der Waals surface area contributed by atoms with Crippen molar-refractivity contribution in [3.63, 3.8) is 0 Å². The second-order valence-corrected chi connectivity index (χ2v) is 6.77. The van der Waals surface area contributed by atoms with E-state index in [-0.39, 0.29) is 6.23 Å². The largest absolute Gasteiger partial charge is 0.356 e. The first-order valence-corrected chi connectivity index (χ1v) is 8.93. The minimum Gasteiger partial charge on any atom is -0.356 e. The number of aromatic nitrogens is 2. The van der Waals surface area contributed by atoms with Crippen molar-refractivity contribution in [3.8, 4) is 0 Å². The summed E-state index contributed by atoms with van der Waals surface area (Å²) in [7, 11) is 0. The number of ether oxygens (including phenoxy) is 1. The van der Waals surface area contributed by atoms with Crippen molar-refractivity contribution in [1.82, 2.24) is 14.7 Å². The fourth-order valence-electron chi connectivity index (χ4n) is 3.82. The lowest BCUT2D eigenvalue weighted by molar-refractivity contribution is -0.0369. The third kappa shape index (κ3) is 2.93. The third-order valence-electron chi connectivity index (χ3n) is 5.13. The Hall–Kier alpha value is -1.53. The van der Waals surface area contributed by atoms with Gasteiger partial charge >= 0.3 is 0 Å². The Morgan fingerprint density at radius 3 is 2.71 bits per heavy atom. The van der Waals surface area contributed by atoms with Gasteiger partial charge in [0.25, 0.3) is 0 Å². The molecule has 24 heavy (non-hydrogen) atoms. The number of benzene rings is 1. The van der Waals surface area contributed by atoms with Gasteiger partial charge in [0.1, 0.15) is 0 Å². The van der Waals surface area contributed by atoms with E-state index in [0.717, 1.165) is 38.9 Å². The van der Waals surface area contributed by atoms with Crippen LogP contribution in [0.2, 0.25) is 0 Å². The Labute approximate surface area is 140 Å². The van der Waals surface area contributed by atoms with Gasteiger partial charge in [-0.15, -0.1) is 0 Å². The van der Waals surface area contributed by atoms with Crippen molar-refractivity contribution in [3.05, 3.63) is 29.5 Å². The Bertz CT molecular complexity index is 719. The molecule has 3 heterocycles. The summed E-state index contributed by atoms with van der Waals surface area (Å²) in [5.41, 5.74) is 1.28. The maximum atomic E-state index is 14.5. The molecule has 0 aliphatic carbocycles. The summed E-state index contributed by atoms with van der Waals surface area (Å²) < 4.78 is 35.8. The van der Waals surface area contributed by atoms with Crippen molar-refractivity contribution in [2.24, 2.45) is 0 Å². The molecular formula is C18H23F2N3O. The van der Waals surface area contributed by atoms with E-state index in [4.69, 9.17) is 4.74 Å². The molecule has 1 unspecified atom stereocenters. The second kappa shape index (κ2) is 6.76. The predicted octanol–water partition coefficient (Wildman–Crippen LogP) is 3.65. The van der Waals surface area contributed by atoms with Crippen molar-refractivity contribution < 1.29 is 13.5 Å². The minimum atomic E-state index is -0.811. The minimum absolute atomic E-state index is 0.174. The van der Waals surface area contributed by atoms with Gasteiger partial charge in [-0.1, -0.05) is 0 Å². The molecule has 2 aromatic rings. The van der Waals surface area contributed by atoms with Crippen LogP contribution in [0.3, 0.4) is 0 Å². The van der Waals surface area contributed by atoms with Crippen LogP contribution in [0.15, 0.2) is 12.1 Å². The van der Waals surface area contributed by atoms with Crippen LogP contribution in [-0.4, -0.2) is 40.9 Å². The van der Waals surface area contributed by atoms with Crippen LogP contribution in [0.1, 0.15) is 44.0 Å². The Morgan fingerprint density at radius 2 is 1.96 bits per heavy atom. The highest BCUT2D eigenvalue weighted by atomic mass is 19.2. The van der Waals surface area contributed by atoms with Crippen molar-refractivity contribution in [2.45, 2.75) is 44.8 Å². The van der Waals surface area contributed by atoms with Crippen LogP contribution in [-0.2, 0) is 11.2 Å². The van der Waals surface area contributed by atoms with Crippen LogP contribution < -0.4 is 0 Å². The van der Waals surface area contributed by atoms with Crippen molar-refractivity contribution in [1.29, 1.82) is 0 Å². The summed E-state index contributed by atoms with van der Waals surface area (Å²) in [5.74, 6) is -1.60. The number of halogens is 2. The normalized spacial score (nSPS) is 22.5. The number of hydrogen-bond donors (Lipinski definition) is 0. The second-order valence-electron chi connectivity index (χ2n) is 6.77. The fraction of sp³-hybridized carbons (Fsp3) is 0.611. The molecule has 0 N–H and O–H groups in total. The van der Waals surface area contributed by atoms with Crippen LogP contribution in [0, 0.1) is 11.6 Å². The van der Waals surface area contributed by atoms with Gasteiger partial charge in [0.05, 0.1) is 16.6 Å². The topological polar surface area (TPSA) is 30.3 Å². The standard InChI is InChI=1S/C18H23F2N3O/c19-13-6-7-15-17(18(13)20)14(8-11-22-9-2-3-10-22)21-23(15)16-5-1-4-12-24-16/h6-7,16H,1-5,8-12H2. The summed E-state index contributed by atoms with van der Waals surface area (Å²) in [4.78, 5) is 2.36. The maximum absolute atomic E-state index is 14.5. The quantitative estimate of drug-likeness (QED) is 0.854. The molecule has 2 aliphatic rings. The van der Waals surface area contributed by atoms with E-state index >= 15 is 0 Å². The Morgan fingerprint density at radius 1 is 1.12 bits per heavy atom. The Kier molecular flexibility index (Phi) is 4.50. The van der Waals surface area contributed by atoms with Gasteiger partial charge in [-0.2, -0.15) is 5.10 Å². The van der Waals surface area contributed by atoms with E-state index in [9.17, 15) is 8.78 Å². The van der Waals surface area contributed by atoms with E-state index in [0.29, 0.717) is 29.6 Å². The zero-order valence-corrected chi connectivity index (χ0v) is 13.8. The summed E-state index contributed by atoms with van der Waals surface area (Å²) in [6.07, 6.45) is 5.87. The highest BCUT2D eigenvalue weighted by Crippen LogP contribution is 2.30. The SMILES string of the molecule is Fc1ccc2c(c(CCN3CCCC3)nn2C2CCCCO2)c1F. The van der Waals surface area contributed by atoms with E-state index in [1.54, 1.807) is 10.7 Å². The average molecular weight is 335 g/mol. The van der Waals surface area contributed by atoms with Crippen LogP contribution in [0.25, 0.3) is 10.9 Å². The molecule has 0 bridgehead atoms. The van der Waals surface area contributed by atoms with Gasteiger partial charge in [-0.25, -0.2) is 13.5 Å². The van der Waals surface area contributed by atoms with Gasteiger partial charge in [-0.3, -0.25) is 0 Å². The third-order valence-corrected chi connectivity index (χ3v) is 5.13. The van der Waals surface area contributed by atoms with E-state index in [2.05, 4.69) is 10.00 Å². The van der Waals surface area contributed by atoms with Crippen molar-refractivity contribution in [2.75, 3.05) is 26.2 Å². The number of rotatable bonds is 4. The molecule has 1 atom stereocenters. The molecule has 6 heteroatoms. The highest BCUT2D eigenvalue weighted by molar-refractivity contribution is 5.83. The lowest BCUT2D eigenvalue weighted by Gasteiger charge is -2.23. The molecule has 2 saturated heterocycles. The van der Waals surface area contributed by atoms with Crippen LogP contribution in [0.5, 0.6) is 0 Å². The molecule has 4 rings (SSSR count). The first-order chi connectivity index (χ1) is 11.7. The van der Waals surface area contributed by atoms with E-state index in [1.807, 2.05) is 0 Å². The van der Waals surface area contributed by atoms with Gasteiger partial charge in [0, 0.05) is 19.6 Å². The maximum Gasteiger partial charge on any atom is 0.170 e. The van der Waals surface area contributed by atoms with E-state index in [1.165, 1.54) is 18.9 Å². The lowest BCUT2D eigenvalue weighted by atomic mass is 10.1. The number of likely N-dealkylation sites (tertiary alicyclic amines) is 1. The summed E-state index contributed by atoms with van der Waals surface area (Å²) >= 11 is 0. The van der Waals surface area contributed by atoms with Gasteiger partial charge in [-0.05, 0) is 57.3 Å². The zero-order valence-electron chi connectivity index (χ0n) is 13.8. The van der Waals surface area contributed by atoms with Gasteiger partial charge in [0.15, 0.2) is 17.9 Å². The molecule has 2 fully saturated rings. The molecule has 0 spiro atoms. The first kappa shape index (κ1) is 16.0. The monoisotopic (exact) mass is 335 g/mol. The lowest BCUT2D eigenvalue weighted by Crippen LogP contribution is -2.22. The van der Waals surface area contributed by atoms with Gasteiger partial charge < -0.3 is 9.64 Å². The van der Waals surface area contributed by atoms with Crippen LogP contribution in [0.4, 0.5) is 8.78 Å². The molecule has 130 valence electrons. The molecule has 4 nitrogen and oxygen atoms in total. The molecule has 0 radical (unpaired) electrons. The first-order valence-electron chi connectivity index (χ1n) is 8.93. The smallest absolute Gasteiger partial charge is 0.170 e. The van der Waals surface area contributed by atoms with Crippen molar-refractivity contribution >= 4 is 10.9 Å². The molecular weight excluding hydrogens is 312 g/mol. The summed E-state index contributed by atoms with van der Waals surface area (Å²) in [6.45, 7) is 3.70. The molecule has 1 aromatic heterocycles. The molecule has 2 aliphatic heterocycles. The van der Waals surface area contributed by atoms with Crippen LogP contribution >= 0.6 is 0 Å². The Balaban J connectivity index is 1.69. The average Bonchev–Trinajstić information content (AvgIpc) is 3.25. The molecule has 0 saturated carbocycles.